The Morgan fingerprint density at radius 2 is 2.05 bits per heavy atom. The maximum Gasteiger partial charge on any atom is 0.230 e. The third-order valence-corrected chi connectivity index (χ3v) is 4.23. The van der Waals surface area contributed by atoms with Gasteiger partial charge < -0.3 is 11.1 Å². The van der Waals surface area contributed by atoms with Crippen molar-refractivity contribution in [2.45, 2.75) is 31.7 Å². The van der Waals surface area contributed by atoms with Crippen molar-refractivity contribution in [3.63, 3.8) is 0 Å². The van der Waals surface area contributed by atoms with E-state index in [9.17, 15) is 9.59 Å². The van der Waals surface area contributed by atoms with Crippen LogP contribution < -0.4 is 11.1 Å². The number of nitrogens with one attached hydrogen (secondary N) is 1. The van der Waals surface area contributed by atoms with Crippen molar-refractivity contribution in [3.05, 3.63) is 23.2 Å². The van der Waals surface area contributed by atoms with E-state index in [0.29, 0.717) is 10.7 Å². The number of nitrogen functional groups attached to an aromatic ring is 1. The van der Waals surface area contributed by atoms with Crippen LogP contribution in [0.3, 0.4) is 0 Å². The number of carbonyl (C=O) groups is 2. The molecule has 0 bridgehead atoms. The van der Waals surface area contributed by atoms with Crippen LogP contribution in [0.15, 0.2) is 23.1 Å². The second kappa shape index (κ2) is 7.55. The van der Waals surface area contributed by atoms with Gasteiger partial charge in [-0.1, -0.05) is 25.4 Å². The van der Waals surface area contributed by atoms with Gasteiger partial charge in [0.2, 0.25) is 5.91 Å². The van der Waals surface area contributed by atoms with Crippen LogP contribution in [-0.4, -0.2) is 23.5 Å². The Morgan fingerprint density at radius 3 is 2.55 bits per heavy atom. The highest BCUT2D eigenvalue weighted by atomic mass is 35.5. The van der Waals surface area contributed by atoms with Crippen LogP contribution in [0, 0.1) is 5.92 Å². The van der Waals surface area contributed by atoms with Gasteiger partial charge in [-0.25, -0.2) is 0 Å². The predicted molar refractivity (Wildman–Crippen MR) is 84.0 cm³/mol. The molecule has 0 heterocycles. The molecule has 1 rings (SSSR count). The Labute approximate surface area is 128 Å². The van der Waals surface area contributed by atoms with Gasteiger partial charge in [0.1, 0.15) is 0 Å². The zero-order valence-electron chi connectivity index (χ0n) is 11.8. The van der Waals surface area contributed by atoms with Crippen molar-refractivity contribution in [2.75, 3.05) is 11.5 Å². The molecule has 0 fully saturated rings. The Morgan fingerprint density at radius 1 is 1.40 bits per heavy atom. The van der Waals surface area contributed by atoms with Crippen LogP contribution >= 0.6 is 23.4 Å². The van der Waals surface area contributed by atoms with E-state index in [1.807, 2.05) is 13.8 Å². The van der Waals surface area contributed by atoms with Gasteiger partial charge in [-0.15, -0.1) is 11.8 Å². The number of rotatable bonds is 6. The maximum atomic E-state index is 11.9. The molecular weight excluding hydrogens is 296 g/mol. The lowest BCUT2D eigenvalue weighted by atomic mass is 10.0. The normalized spacial score (nSPS) is 12.2. The number of anilines is 1. The zero-order valence-corrected chi connectivity index (χ0v) is 13.3. The molecule has 1 amide bonds. The van der Waals surface area contributed by atoms with E-state index >= 15 is 0 Å². The monoisotopic (exact) mass is 314 g/mol. The lowest BCUT2D eigenvalue weighted by Gasteiger charge is -2.19. The van der Waals surface area contributed by atoms with Crippen molar-refractivity contribution < 1.29 is 9.59 Å². The zero-order chi connectivity index (χ0) is 15.3. The quantitative estimate of drug-likeness (QED) is 0.625. The fourth-order valence-corrected chi connectivity index (χ4v) is 2.81. The van der Waals surface area contributed by atoms with Crippen molar-refractivity contribution in [2.24, 2.45) is 5.92 Å². The number of amides is 1. The summed E-state index contributed by atoms with van der Waals surface area (Å²) in [5, 5.41) is 3.26. The second-order valence-electron chi connectivity index (χ2n) is 4.88. The summed E-state index contributed by atoms with van der Waals surface area (Å²) in [6.07, 6.45) is 0. The Kier molecular flexibility index (Phi) is 6.36. The first-order valence-corrected chi connectivity index (χ1v) is 7.65. The van der Waals surface area contributed by atoms with E-state index in [1.54, 1.807) is 18.2 Å². The topological polar surface area (TPSA) is 72.2 Å². The molecule has 1 atom stereocenters. The number of nitrogens with two attached hydrogens (primary N) is 1. The fraction of sp³-hybridized carbons (Fsp3) is 0.429. The first-order valence-electron chi connectivity index (χ1n) is 6.29. The molecule has 0 spiro atoms. The highest BCUT2D eigenvalue weighted by Crippen LogP contribution is 2.28. The van der Waals surface area contributed by atoms with Gasteiger partial charge in [0.15, 0.2) is 5.78 Å². The van der Waals surface area contributed by atoms with Crippen molar-refractivity contribution in [1.29, 1.82) is 0 Å². The fourth-order valence-electron chi connectivity index (χ4n) is 1.73. The number of hydrogen-bond acceptors (Lipinski definition) is 4. The molecule has 6 heteroatoms. The van der Waals surface area contributed by atoms with E-state index < -0.39 is 6.04 Å². The molecule has 0 aromatic heterocycles. The Balaban J connectivity index is 2.57. The molecule has 0 aliphatic heterocycles. The molecule has 3 N–H and O–H groups in total. The Hall–Kier alpha value is -1.20. The molecule has 110 valence electrons. The molecule has 0 aliphatic rings. The average Bonchev–Trinajstić information content (AvgIpc) is 2.34. The second-order valence-corrected chi connectivity index (χ2v) is 6.30. The lowest BCUT2D eigenvalue weighted by molar-refractivity contribution is -0.126. The number of hydrogen-bond donors (Lipinski definition) is 2. The summed E-state index contributed by atoms with van der Waals surface area (Å²) in [5.74, 6) is 0.0577. The molecule has 4 nitrogen and oxygen atoms in total. The molecule has 1 aromatic rings. The van der Waals surface area contributed by atoms with E-state index in [4.69, 9.17) is 17.3 Å². The number of thioether (sulfide) groups is 1. The smallest absolute Gasteiger partial charge is 0.230 e. The van der Waals surface area contributed by atoms with Crippen LogP contribution in [0.5, 0.6) is 0 Å². The van der Waals surface area contributed by atoms with Crippen LogP contribution in [-0.2, 0) is 9.59 Å². The van der Waals surface area contributed by atoms with Gasteiger partial charge in [-0.3, -0.25) is 9.59 Å². The summed E-state index contributed by atoms with van der Waals surface area (Å²) in [4.78, 5) is 24.1. The van der Waals surface area contributed by atoms with Gasteiger partial charge in [0.25, 0.3) is 0 Å². The minimum atomic E-state index is -0.440. The third kappa shape index (κ3) is 5.06. The minimum Gasteiger partial charge on any atom is -0.399 e. The first-order chi connectivity index (χ1) is 9.31. The van der Waals surface area contributed by atoms with Gasteiger partial charge in [-0.2, -0.15) is 0 Å². The number of halogens is 1. The number of ketones is 1. The van der Waals surface area contributed by atoms with E-state index in [1.165, 1.54) is 18.7 Å². The maximum absolute atomic E-state index is 11.9. The Bertz CT molecular complexity index is 506. The molecule has 0 aliphatic carbocycles. The summed E-state index contributed by atoms with van der Waals surface area (Å²) < 4.78 is 0. The van der Waals surface area contributed by atoms with Crippen LogP contribution in [0.2, 0.25) is 5.02 Å². The molecule has 1 aromatic carbocycles. The minimum absolute atomic E-state index is 0.0381. The largest absolute Gasteiger partial charge is 0.399 e. The highest BCUT2D eigenvalue weighted by Gasteiger charge is 2.20. The van der Waals surface area contributed by atoms with Crippen LogP contribution in [0.4, 0.5) is 5.69 Å². The number of benzene rings is 1. The molecule has 1 unspecified atom stereocenters. The number of Topliss-reactive ketones (excluding diaryl/α,β-unsaturated/α-hetero) is 1. The van der Waals surface area contributed by atoms with Crippen LogP contribution in [0.1, 0.15) is 20.8 Å². The lowest BCUT2D eigenvalue weighted by Crippen LogP contribution is -2.44. The van der Waals surface area contributed by atoms with E-state index in [2.05, 4.69) is 5.32 Å². The summed E-state index contributed by atoms with van der Waals surface area (Å²) in [7, 11) is 0. The van der Waals surface area contributed by atoms with Gasteiger partial charge in [0, 0.05) is 10.6 Å². The van der Waals surface area contributed by atoms with E-state index in [-0.39, 0.29) is 23.4 Å². The van der Waals surface area contributed by atoms with Crippen molar-refractivity contribution >= 4 is 40.7 Å². The molecular formula is C14H19ClN2O2S. The van der Waals surface area contributed by atoms with Crippen molar-refractivity contribution in [1.82, 2.24) is 5.32 Å². The van der Waals surface area contributed by atoms with Gasteiger partial charge >= 0.3 is 0 Å². The highest BCUT2D eigenvalue weighted by molar-refractivity contribution is 8.00. The summed E-state index contributed by atoms with van der Waals surface area (Å²) in [6.45, 7) is 5.28. The summed E-state index contributed by atoms with van der Waals surface area (Å²) >= 11 is 7.35. The average molecular weight is 315 g/mol. The number of carbonyl (C=O) groups excluding carboxylic acids is 2. The van der Waals surface area contributed by atoms with E-state index in [0.717, 1.165) is 4.90 Å². The first kappa shape index (κ1) is 16.9. The summed E-state index contributed by atoms with van der Waals surface area (Å²) in [5.41, 5.74) is 6.19. The van der Waals surface area contributed by atoms with Gasteiger partial charge in [-0.05, 0) is 31.0 Å². The van der Waals surface area contributed by atoms with Gasteiger partial charge in [0.05, 0.1) is 16.8 Å². The van der Waals surface area contributed by atoms with Crippen LogP contribution in [0.25, 0.3) is 0 Å². The predicted octanol–water partition coefficient (Wildman–Crippen LogP) is 2.74. The molecule has 0 saturated heterocycles. The van der Waals surface area contributed by atoms with Crippen molar-refractivity contribution in [3.8, 4) is 0 Å². The summed E-state index contributed by atoms with van der Waals surface area (Å²) in [6, 6.07) is 4.72. The SMILES string of the molecule is CC(=O)C(NC(=O)CSc1ccc(N)cc1Cl)C(C)C. The molecule has 20 heavy (non-hydrogen) atoms. The standard InChI is InChI=1S/C14H19ClN2O2S/c1-8(2)14(9(3)18)17-13(19)7-20-12-5-4-10(16)6-11(12)15/h4-6,8,14H,7,16H2,1-3H3,(H,17,19). The molecule has 0 saturated carbocycles. The third-order valence-electron chi connectivity index (χ3n) is 2.74. The molecule has 0 radical (unpaired) electrons.